The first kappa shape index (κ1) is 16.0. The Morgan fingerprint density at radius 1 is 1.17 bits per heavy atom. The topological polar surface area (TPSA) is 30.7 Å². The van der Waals surface area contributed by atoms with Gasteiger partial charge >= 0.3 is 0 Å². The maximum absolute atomic E-state index is 13.5. The van der Waals surface area contributed by atoms with Crippen LogP contribution in [0.3, 0.4) is 0 Å². The maximum atomic E-state index is 13.5. The first-order chi connectivity index (χ1) is 11.1. The molecule has 3 nitrogen and oxygen atoms in total. The monoisotopic (exact) mass is 349 g/mol. The van der Waals surface area contributed by atoms with Crippen LogP contribution >= 0.6 is 23.2 Å². The average molecular weight is 350 g/mol. The molecule has 6 heteroatoms. The molecular weight excluding hydrogens is 336 g/mol. The number of rotatable bonds is 4. The fourth-order valence-corrected chi connectivity index (χ4v) is 2.75. The first-order valence-corrected chi connectivity index (χ1v) is 7.93. The van der Waals surface area contributed by atoms with Gasteiger partial charge in [0.05, 0.1) is 18.4 Å². The molecule has 0 aliphatic carbocycles. The van der Waals surface area contributed by atoms with Crippen molar-refractivity contribution in [3.05, 3.63) is 70.0 Å². The van der Waals surface area contributed by atoms with E-state index in [1.807, 2.05) is 23.8 Å². The summed E-state index contributed by atoms with van der Waals surface area (Å²) in [6, 6.07) is 6.75. The van der Waals surface area contributed by atoms with Crippen molar-refractivity contribution in [1.82, 2.24) is 14.5 Å². The Morgan fingerprint density at radius 2 is 2.00 bits per heavy atom. The number of benzene rings is 1. The number of aryl methyl sites for hydroxylation is 1. The molecule has 0 spiro atoms. The van der Waals surface area contributed by atoms with Crippen molar-refractivity contribution in [3.8, 4) is 11.4 Å². The highest BCUT2D eigenvalue weighted by atomic mass is 35.5. The third kappa shape index (κ3) is 3.54. The standard InChI is InChI=1S/C17H14Cl2FN3/c1-2-15-10-23(9-12-5-13(18)3-4-16(12)19)17(22-15)11-6-14(20)8-21-7-11/h3-8,10H,2,9H2,1H3. The maximum Gasteiger partial charge on any atom is 0.142 e. The number of imidazole rings is 1. The summed E-state index contributed by atoms with van der Waals surface area (Å²) in [5, 5.41) is 1.25. The van der Waals surface area contributed by atoms with Crippen molar-refractivity contribution >= 4 is 23.2 Å². The molecule has 2 aromatic heterocycles. The Bertz CT molecular complexity index is 846. The Hall–Kier alpha value is -1.91. The lowest BCUT2D eigenvalue weighted by Crippen LogP contribution is -2.02. The highest BCUT2D eigenvalue weighted by Crippen LogP contribution is 2.25. The molecule has 0 fully saturated rings. The zero-order valence-corrected chi connectivity index (χ0v) is 13.9. The SMILES string of the molecule is CCc1cn(Cc2cc(Cl)ccc2Cl)c(-c2cncc(F)c2)n1. The summed E-state index contributed by atoms with van der Waals surface area (Å²) in [7, 11) is 0. The predicted molar refractivity (Wildman–Crippen MR) is 90.4 cm³/mol. The molecule has 0 radical (unpaired) electrons. The Kier molecular flexibility index (Phi) is 4.64. The van der Waals surface area contributed by atoms with Gasteiger partial charge in [-0.15, -0.1) is 0 Å². The molecule has 0 aliphatic rings. The van der Waals surface area contributed by atoms with Gasteiger partial charge in [-0.1, -0.05) is 30.1 Å². The van der Waals surface area contributed by atoms with Gasteiger partial charge in [-0.2, -0.15) is 0 Å². The van der Waals surface area contributed by atoms with Crippen LogP contribution in [0.15, 0.2) is 42.9 Å². The molecule has 0 amide bonds. The molecule has 3 rings (SSSR count). The largest absolute Gasteiger partial charge is 0.326 e. The highest BCUT2D eigenvalue weighted by Gasteiger charge is 2.12. The summed E-state index contributed by atoms with van der Waals surface area (Å²) in [6.07, 6.45) is 5.50. The predicted octanol–water partition coefficient (Wildman–Crippen LogP) is 5.00. The van der Waals surface area contributed by atoms with Crippen LogP contribution in [0.1, 0.15) is 18.2 Å². The molecule has 2 heterocycles. The van der Waals surface area contributed by atoms with E-state index < -0.39 is 5.82 Å². The second-order valence-electron chi connectivity index (χ2n) is 5.16. The first-order valence-electron chi connectivity index (χ1n) is 7.17. The molecule has 0 bridgehead atoms. The minimum absolute atomic E-state index is 0.393. The molecule has 1 aromatic carbocycles. The number of nitrogens with zero attached hydrogens (tertiary/aromatic N) is 3. The smallest absolute Gasteiger partial charge is 0.142 e. The van der Waals surface area contributed by atoms with E-state index in [4.69, 9.17) is 23.2 Å². The molecule has 0 atom stereocenters. The fourth-order valence-electron chi connectivity index (χ4n) is 2.37. The molecule has 0 saturated carbocycles. The van der Waals surface area contributed by atoms with E-state index >= 15 is 0 Å². The van der Waals surface area contributed by atoms with Crippen LogP contribution in [0.2, 0.25) is 10.0 Å². The third-order valence-corrected chi connectivity index (χ3v) is 4.10. The van der Waals surface area contributed by atoms with Crippen molar-refractivity contribution < 1.29 is 4.39 Å². The molecule has 3 aromatic rings. The Morgan fingerprint density at radius 3 is 2.74 bits per heavy atom. The molecule has 118 valence electrons. The van der Waals surface area contributed by atoms with Crippen molar-refractivity contribution in [3.63, 3.8) is 0 Å². The lowest BCUT2D eigenvalue weighted by molar-refractivity contribution is 0.621. The number of pyridine rings is 1. The van der Waals surface area contributed by atoms with Gasteiger partial charge in [-0.05, 0) is 36.2 Å². The second-order valence-corrected chi connectivity index (χ2v) is 6.01. The second kappa shape index (κ2) is 6.69. The number of halogens is 3. The third-order valence-electron chi connectivity index (χ3n) is 3.50. The van der Waals surface area contributed by atoms with Crippen molar-refractivity contribution in [2.75, 3.05) is 0 Å². The van der Waals surface area contributed by atoms with Gasteiger partial charge < -0.3 is 4.57 Å². The van der Waals surface area contributed by atoms with Crippen LogP contribution in [0.25, 0.3) is 11.4 Å². The normalized spacial score (nSPS) is 11.0. The van der Waals surface area contributed by atoms with Gasteiger partial charge in [0.15, 0.2) is 0 Å². The van der Waals surface area contributed by atoms with Crippen LogP contribution in [-0.4, -0.2) is 14.5 Å². The summed E-state index contributed by atoms with van der Waals surface area (Å²) in [5.74, 6) is 0.265. The molecule has 0 unspecified atom stereocenters. The van der Waals surface area contributed by atoms with Gasteiger partial charge in [0, 0.05) is 28.0 Å². The Balaban J connectivity index is 2.05. The van der Waals surface area contributed by atoms with Gasteiger partial charge in [-0.3, -0.25) is 4.98 Å². The highest BCUT2D eigenvalue weighted by molar-refractivity contribution is 6.33. The van der Waals surface area contributed by atoms with Crippen molar-refractivity contribution in [2.45, 2.75) is 19.9 Å². The lowest BCUT2D eigenvalue weighted by atomic mass is 10.2. The van der Waals surface area contributed by atoms with Crippen LogP contribution in [0, 0.1) is 5.82 Å². The zero-order valence-electron chi connectivity index (χ0n) is 12.4. The molecule has 23 heavy (non-hydrogen) atoms. The molecule has 0 saturated heterocycles. The number of hydrogen-bond donors (Lipinski definition) is 0. The molecule has 0 aliphatic heterocycles. The average Bonchev–Trinajstić information content (AvgIpc) is 2.94. The van der Waals surface area contributed by atoms with Crippen LogP contribution < -0.4 is 0 Å². The minimum atomic E-state index is -0.393. The minimum Gasteiger partial charge on any atom is -0.326 e. The summed E-state index contributed by atoms with van der Waals surface area (Å²) < 4.78 is 15.4. The Labute approximate surface area is 143 Å². The lowest BCUT2D eigenvalue weighted by Gasteiger charge is -2.10. The van der Waals surface area contributed by atoms with Gasteiger partial charge in [0.2, 0.25) is 0 Å². The van der Waals surface area contributed by atoms with E-state index in [2.05, 4.69) is 9.97 Å². The van der Waals surface area contributed by atoms with E-state index in [0.29, 0.717) is 28.0 Å². The van der Waals surface area contributed by atoms with E-state index in [1.165, 1.54) is 12.3 Å². The van der Waals surface area contributed by atoms with E-state index in [0.717, 1.165) is 17.7 Å². The zero-order chi connectivity index (χ0) is 16.4. The number of aromatic nitrogens is 3. The van der Waals surface area contributed by atoms with Crippen molar-refractivity contribution in [1.29, 1.82) is 0 Å². The molecule has 0 N–H and O–H groups in total. The summed E-state index contributed by atoms with van der Waals surface area (Å²) >= 11 is 12.3. The van der Waals surface area contributed by atoms with Gasteiger partial charge in [0.1, 0.15) is 11.6 Å². The summed E-state index contributed by atoms with van der Waals surface area (Å²) in [5.41, 5.74) is 2.43. The van der Waals surface area contributed by atoms with E-state index in [9.17, 15) is 4.39 Å². The quantitative estimate of drug-likeness (QED) is 0.663. The van der Waals surface area contributed by atoms with Crippen LogP contribution in [-0.2, 0) is 13.0 Å². The van der Waals surface area contributed by atoms with Gasteiger partial charge in [-0.25, -0.2) is 9.37 Å². The number of hydrogen-bond acceptors (Lipinski definition) is 2. The molecular formula is C17H14Cl2FN3. The van der Waals surface area contributed by atoms with Gasteiger partial charge in [0.25, 0.3) is 0 Å². The van der Waals surface area contributed by atoms with E-state index in [-0.39, 0.29) is 0 Å². The van der Waals surface area contributed by atoms with Crippen LogP contribution in [0.4, 0.5) is 4.39 Å². The van der Waals surface area contributed by atoms with E-state index in [1.54, 1.807) is 18.3 Å². The fraction of sp³-hybridized carbons (Fsp3) is 0.176. The van der Waals surface area contributed by atoms with Crippen molar-refractivity contribution in [2.24, 2.45) is 0 Å². The van der Waals surface area contributed by atoms with Crippen LogP contribution in [0.5, 0.6) is 0 Å². The summed E-state index contributed by atoms with van der Waals surface area (Å²) in [6.45, 7) is 2.52. The summed E-state index contributed by atoms with van der Waals surface area (Å²) in [4.78, 5) is 8.47.